The van der Waals surface area contributed by atoms with Crippen LogP contribution in [0.1, 0.15) is 96.2 Å². The number of hydrogen-bond acceptors (Lipinski definition) is 12. The highest BCUT2D eigenvalue weighted by Gasteiger charge is 2.45. The van der Waals surface area contributed by atoms with Crippen LogP contribution in [-0.4, -0.2) is 95.3 Å². The van der Waals surface area contributed by atoms with Crippen LogP contribution in [0.15, 0.2) is 60.8 Å². The molecule has 8 rings (SSSR count). The van der Waals surface area contributed by atoms with Gasteiger partial charge in [0.15, 0.2) is 0 Å². The molecule has 3 aromatic carbocycles. The molecule has 4 amide bonds. The lowest BCUT2D eigenvalue weighted by Gasteiger charge is -2.32. The van der Waals surface area contributed by atoms with E-state index in [4.69, 9.17) is 0 Å². The zero-order valence-corrected chi connectivity index (χ0v) is 35.5. The summed E-state index contributed by atoms with van der Waals surface area (Å²) < 4.78 is 42.8. The highest BCUT2D eigenvalue weighted by molar-refractivity contribution is 7.94. The fraction of sp³-hybridized carbons (Fsp3) is 0.409. The number of nitrogens with one attached hydrogen (secondary N) is 4. The van der Waals surface area contributed by atoms with Crippen molar-refractivity contribution in [3.8, 4) is 0 Å². The largest absolute Gasteiger partial charge is 0.384 e. The van der Waals surface area contributed by atoms with E-state index >= 15 is 4.39 Å². The van der Waals surface area contributed by atoms with Gasteiger partial charge in [0.05, 0.1) is 21.6 Å². The number of benzene rings is 3. The SMILES string of the molecule is Cc1cnc(Nc2ccc(C3CCN(CCCNc4cccc5c4C(=O)N(C4CCC(=O)NC4=O)C5=O)CC3)c(F)c2)nc1Nc1ccc2c(c1)N(S(=O)(=O)C(C)(C)C)CC2. The van der Waals surface area contributed by atoms with Gasteiger partial charge in [-0.1, -0.05) is 18.2 Å². The predicted octanol–water partition coefficient (Wildman–Crippen LogP) is 5.98. The average molecular weight is 852 g/mol. The fourth-order valence-electron chi connectivity index (χ4n) is 8.49. The van der Waals surface area contributed by atoms with E-state index in [0.29, 0.717) is 53.6 Å². The number of sulfonamides is 1. The van der Waals surface area contributed by atoms with E-state index in [1.165, 1.54) is 10.4 Å². The molecule has 61 heavy (non-hydrogen) atoms. The van der Waals surface area contributed by atoms with Gasteiger partial charge in [0.25, 0.3) is 11.8 Å². The molecular weight excluding hydrogens is 802 g/mol. The van der Waals surface area contributed by atoms with Gasteiger partial charge in [0.1, 0.15) is 17.7 Å². The first-order chi connectivity index (χ1) is 29.1. The van der Waals surface area contributed by atoms with Gasteiger partial charge >= 0.3 is 0 Å². The fourth-order valence-corrected chi connectivity index (χ4v) is 9.92. The molecule has 0 spiro atoms. The Hall–Kier alpha value is -5.94. The topological polar surface area (TPSA) is 186 Å². The summed E-state index contributed by atoms with van der Waals surface area (Å²) in [4.78, 5) is 63.0. The third-order valence-electron chi connectivity index (χ3n) is 12.0. The summed E-state index contributed by atoms with van der Waals surface area (Å²) in [7, 11) is -3.56. The zero-order chi connectivity index (χ0) is 43.2. The van der Waals surface area contributed by atoms with Crippen LogP contribution in [0.4, 0.5) is 38.9 Å². The number of anilines is 6. The Balaban J connectivity index is 0.827. The highest BCUT2D eigenvalue weighted by Crippen LogP contribution is 2.38. The molecule has 4 N–H and O–H groups in total. The second-order valence-electron chi connectivity index (χ2n) is 17.1. The first-order valence-electron chi connectivity index (χ1n) is 20.7. The summed E-state index contributed by atoms with van der Waals surface area (Å²) in [5, 5.41) is 12.0. The lowest BCUT2D eigenvalue weighted by molar-refractivity contribution is -0.136. The van der Waals surface area contributed by atoms with Crippen LogP contribution in [0.3, 0.4) is 0 Å². The summed E-state index contributed by atoms with van der Waals surface area (Å²) in [6, 6.07) is 14.8. The predicted molar refractivity (Wildman–Crippen MR) is 231 cm³/mol. The van der Waals surface area contributed by atoms with E-state index in [-0.39, 0.29) is 41.7 Å². The second-order valence-corrected chi connectivity index (χ2v) is 19.7. The van der Waals surface area contributed by atoms with Crippen LogP contribution in [-0.2, 0) is 26.0 Å². The molecule has 5 heterocycles. The molecule has 0 radical (unpaired) electrons. The Morgan fingerprint density at radius 1 is 0.902 bits per heavy atom. The minimum absolute atomic E-state index is 0.0612. The zero-order valence-electron chi connectivity index (χ0n) is 34.7. The Morgan fingerprint density at radius 3 is 2.39 bits per heavy atom. The van der Waals surface area contributed by atoms with E-state index in [1.54, 1.807) is 45.2 Å². The first kappa shape index (κ1) is 41.8. The second kappa shape index (κ2) is 16.5. The van der Waals surface area contributed by atoms with Gasteiger partial charge < -0.3 is 20.9 Å². The van der Waals surface area contributed by atoms with Crippen molar-refractivity contribution in [3.63, 3.8) is 0 Å². The molecule has 1 atom stereocenters. The molecule has 1 aromatic heterocycles. The number of imide groups is 2. The Labute approximate surface area is 354 Å². The standard InChI is InChI=1S/C44H50FN9O6S/c1-26-25-47-43(51-39(26)48-30-10-9-28-17-22-53(36(28)24-30)61(59,60)44(2,3)4)49-29-11-12-31(33(45)23-29)27-15-20-52(21-16-27)19-6-18-46-34-8-5-7-32-38(34)42(58)54(41(32)57)35-13-14-37(55)50-40(35)56/h5,7-12,23-25,27,35,46H,6,13-22H2,1-4H3,(H,50,55,56)(H2,47,48,49,51). The number of carbonyl (C=O) groups is 4. The van der Waals surface area contributed by atoms with Crippen molar-refractivity contribution in [1.82, 2.24) is 25.1 Å². The van der Waals surface area contributed by atoms with Crippen molar-refractivity contribution >= 4 is 68.2 Å². The summed E-state index contributed by atoms with van der Waals surface area (Å²) in [5.74, 6) is -1.55. The third kappa shape index (κ3) is 8.28. The van der Waals surface area contributed by atoms with Crippen molar-refractivity contribution in [3.05, 3.63) is 94.4 Å². The lowest BCUT2D eigenvalue weighted by Crippen LogP contribution is -2.54. The first-order valence-corrected chi connectivity index (χ1v) is 22.2. The number of aryl methyl sites for hydroxylation is 1. The van der Waals surface area contributed by atoms with Gasteiger partial charge in [-0.25, -0.2) is 17.8 Å². The molecule has 2 fully saturated rings. The lowest BCUT2D eigenvalue weighted by atomic mass is 9.89. The quantitative estimate of drug-likeness (QED) is 0.0967. The Morgan fingerprint density at radius 2 is 1.66 bits per heavy atom. The number of fused-ring (bicyclic) bond motifs is 2. The molecule has 4 aromatic rings. The van der Waals surface area contributed by atoms with Crippen LogP contribution >= 0.6 is 0 Å². The van der Waals surface area contributed by atoms with Crippen LogP contribution in [0.25, 0.3) is 0 Å². The number of amides is 4. The molecule has 0 saturated carbocycles. The minimum Gasteiger partial charge on any atom is -0.384 e. The number of hydrogen-bond donors (Lipinski definition) is 4. The number of rotatable bonds is 12. The molecular formula is C44H50FN9O6S. The van der Waals surface area contributed by atoms with Crippen molar-refractivity contribution in [2.45, 2.75) is 82.9 Å². The summed E-state index contributed by atoms with van der Waals surface area (Å²) in [5.41, 5.74) is 5.29. The van der Waals surface area contributed by atoms with E-state index in [9.17, 15) is 27.6 Å². The molecule has 4 aliphatic rings. The van der Waals surface area contributed by atoms with Crippen LogP contribution in [0.5, 0.6) is 0 Å². The Bertz CT molecular complexity index is 2540. The van der Waals surface area contributed by atoms with Crippen molar-refractivity contribution in [2.75, 3.05) is 53.0 Å². The molecule has 0 aliphatic carbocycles. The van der Waals surface area contributed by atoms with Crippen molar-refractivity contribution < 1.29 is 32.0 Å². The number of halogens is 1. The molecule has 0 bridgehead atoms. The van der Waals surface area contributed by atoms with Gasteiger partial charge in [-0.2, -0.15) is 4.98 Å². The highest BCUT2D eigenvalue weighted by atomic mass is 32.2. The van der Waals surface area contributed by atoms with Gasteiger partial charge in [-0.05, 0) is 133 Å². The molecule has 2 saturated heterocycles. The molecule has 15 nitrogen and oxygen atoms in total. The van der Waals surface area contributed by atoms with Crippen molar-refractivity contribution in [2.24, 2.45) is 0 Å². The average Bonchev–Trinajstić information content (AvgIpc) is 3.76. The maximum Gasteiger partial charge on any atom is 0.264 e. The van der Waals surface area contributed by atoms with Gasteiger partial charge in [0, 0.05) is 48.3 Å². The summed E-state index contributed by atoms with van der Waals surface area (Å²) in [6.45, 7) is 10.3. The van der Waals surface area contributed by atoms with E-state index in [2.05, 4.69) is 36.1 Å². The third-order valence-corrected chi connectivity index (χ3v) is 14.5. The van der Waals surface area contributed by atoms with Crippen LogP contribution in [0, 0.1) is 12.7 Å². The van der Waals surface area contributed by atoms with Gasteiger partial charge in [-0.3, -0.25) is 33.7 Å². The molecule has 4 aliphatic heterocycles. The summed E-state index contributed by atoms with van der Waals surface area (Å²) >= 11 is 0. The van der Waals surface area contributed by atoms with E-state index in [1.807, 2.05) is 37.3 Å². The van der Waals surface area contributed by atoms with E-state index in [0.717, 1.165) is 54.9 Å². The van der Waals surface area contributed by atoms with Crippen LogP contribution < -0.4 is 25.6 Å². The smallest absolute Gasteiger partial charge is 0.264 e. The number of nitrogens with zero attached hydrogens (tertiary/aromatic N) is 5. The van der Waals surface area contributed by atoms with Crippen LogP contribution in [0.2, 0.25) is 0 Å². The van der Waals surface area contributed by atoms with Gasteiger partial charge in [-0.15, -0.1) is 0 Å². The summed E-state index contributed by atoms with van der Waals surface area (Å²) in [6.07, 6.45) is 4.85. The normalized spacial score (nSPS) is 18.6. The number of piperidine rings is 2. The number of carbonyl (C=O) groups excluding carboxylic acids is 4. The monoisotopic (exact) mass is 851 g/mol. The minimum atomic E-state index is -3.56. The molecule has 17 heteroatoms. The van der Waals surface area contributed by atoms with E-state index < -0.39 is 44.4 Å². The number of aromatic nitrogens is 2. The molecule has 320 valence electrons. The maximum absolute atomic E-state index is 15.6. The van der Waals surface area contributed by atoms with Crippen molar-refractivity contribution in [1.29, 1.82) is 0 Å². The van der Waals surface area contributed by atoms with Gasteiger partial charge in [0.2, 0.25) is 27.8 Å². The number of likely N-dealkylation sites (tertiary alicyclic amines) is 1. The maximum atomic E-state index is 15.6. The Kier molecular flexibility index (Phi) is 11.3. The molecule has 1 unspecified atom stereocenters.